The van der Waals surface area contributed by atoms with Crippen LogP contribution >= 0.6 is 11.8 Å². The predicted octanol–water partition coefficient (Wildman–Crippen LogP) is 5.27. The second kappa shape index (κ2) is 9.90. The molecule has 3 aromatic carbocycles. The molecule has 3 rings (SSSR count). The summed E-state index contributed by atoms with van der Waals surface area (Å²) in [7, 11) is 0. The van der Waals surface area contributed by atoms with E-state index in [-0.39, 0.29) is 22.4 Å². The minimum Gasteiger partial charge on any atom is -0.325 e. The highest BCUT2D eigenvalue weighted by molar-refractivity contribution is 8.00. The summed E-state index contributed by atoms with van der Waals surface area (Å²) < 4.78 is 0. The van der Waals surface area contributed by atoms with Gasteiger partial charge in [0, 0.05) is 34.0 Å². The minimum absolute atomic E-state index is 0.125. The Kier molecular flexibility index (Phi) is 7.04. The molecular formula is C23H21N3O4S. The lowest BCUT2D eigenvalue weighted by molar-refractivity contribution is -0.384. The number of rotatable bonds is 7. The van der Waals surface area contributed by atoms with Gasteiger partial charge in [-0.3, -0.25) is 19.7 Å². The molecule has 0 saturated carbocycles. The van der Waals surface area contributed by atoms with E-state index in [1.165, 1.54) is 36.0 Å². The Morgan fingerprint density at radius 1 is 0.935 bits per heavy atom. The predicted molar refractivity (Wildman–Crippen MR) is 123 cm³/mol. The summed E-state index contributed by atoms with van der Waals surface area (Å²) in [5, 5.41) is 16.2. The average Bonchev–Trinajstić information content (AvgIpc) is 2.75. The molecule has 3 aromatic rings. The number of aryl methyl sites for hydroxylation is 1. The Morgan fingerprint density at radius 2 is 1.65 bits per heavy atom. The molecule has 0 aliphatic heterocycles. The molecule has 0 fully saturated rings. The fourth-order valence-electron chi connectivity index (χ4n) is 2.75. The number of carbonyl (C=O) groups excluding carboxylic acids is 2. The van der Waals surface area contributed by atoms with Crippen LogP contribution in [0.5, 0.6) is 0 Å². The second-order valence-corrected chi connectivity index (χ2v) is 8.32. The molecule has 0 spiro atoms. The van der Waals surface area contributed by atoms with Crippen LogP contribution in [-0.2, 0) is 4.79 Å². The molecule has 1 unspecified atom stereocenters. The summed E-state index contributed by atoms with van der Waals surface area (Å²) in [4.78, 5) is 36.1. The van der Waals surface area contributed by atoms with Crippen LogP contribution in [0.15, 0.2) is 77.7 Å². The lowest BCUT2D eigenvalue weighted by Gasteiger charge is -2.13. The SMILES string of the molecule is Cc1ccc(NC(=O)C(C)Sc2cccc(NC(=O)c3cccc([N+](=O)[O-])c3)c2)cc1. The summed E-state index contributed by atoms with van der Waals surface area (Å²) in [5.41, 5.74) is 2.43. The molecule has 0 aromatic heterocycles. The maximum atomic E-state index is 12.5. The largest absolute Gasteiger partial charge is 0.325 e. The third-order valence-corrected chi connectivity index (χ3v) is 5.51. The molecule has 0 aliphatic carbocycles. The summed E-state index contributed by atoms with van der Waals surface area (Å²) in [6, 6.07) is 20.2. The smallest absolute Gasteiger partial charge is 0.270 e. The number of thioether (sulfide) groups is 1. The summed E-state index contributed by atoms with van der Waals surface area (Å²) in [6.07, 6.45) is 0. The Hall–Kier alpha value is -3.65. The van der Waals surface area contributed by atoms with E-state index in [2.05, 4.69) is 10.6 Å². The second-order valence-electron chi connectivity index (χ2n) is 6.90. The van der Waals surface area contributed by atoms with Crippen molar-refractivity contribution in [3.8, 4) is 0 Å². The van der Waals surface area contributed by atoms with E-state index in [0.29, 0.717) is 5.69 Å². The molecule has 0 aliphatic rings. The van der Waals surface area contributed by atoms with Crippen LogP contribution in [0, 0.1) is 17.0 Å². The van der Waals surface area contributed by atoms with Gasteiger partial charge in [-0.15, -0.1) is 11.8 Å². The molecule has 158 valence electrons. The zero-order valence-electron chi connectivity index (χ0n) is 17.0. The van der Waals surface area contributed by atoms with Crippen LogP contribution in [-0.4, -0.2) is 22.0 Å². The molecule has 7 nitrogen and oxygen atoms in total. The molecule has 31 heavy (non-hydrogen) atoms. The highest BCUT2D eigenvalue weighted by atomic mass is 32.2. The fourth-order valence-corrected chi connectivity index (χ4v) is 3.68. The summed E-state index contributed by atoms with van der Waals surface area (Å²) >= 11 is 1.36. The van der Waals surface area contributed by atoms with Crippen molar-refractivity contribution in [3.05, 3.63) is 94.0 Å². The number of anilines is 2. The van der Waals surface area contributed by atoms with E-state index < -0.39 is 10.8 Å². The maximum Gasteiger partial charge on any atom is 0.270 e. The van der Waals surface area contributed by atoms with Crippen LogP contribution in [0.2, 0.25) is 0 Å². The van der Waals surface area contributed by atoms with E-state index in [1.807, 2.05) is 44.2 Å². The van der Waals surface area contributed by atoms with Crippen LogP contribution in [0.3, 0.4) is 0 Å². The Balaban J connectivity index is 1.63. The van der Waals surface area contributed by atoms with E-state index in [1.54, 1.807) is 18.2 Å². The molecule has 0 heterocycles. The van der Waals surface area contributed by atoms with Crippen LogP contribution in [0.1, 0.15) is 22.8 Å². The first kappa shape index (κ1) is 22.0. The monoisotopic (exact) mass is 435 g/mol. The highest BCUT2D eigenvalue weighted by Crippen LogP contribution is 2.27. The molecule has 0 saturated heterocycles. The van der Waals surface area contributed by atoms with Gasteiger partial charge in [0.1, 0.15) is 0 Å². The van der Waals surface area contributed by atoms with Gasteiger partial charge in [-0.25, -0.2) is 0 Å². The summed E-state index contributed by atoms with van der Waals surface area (Å²) in [5.74, 6) is -0.573. The van der Waals surface area contributed by atoms with Gasteiger partial charge >= 0.3 is 0 Å². The first-order valence-corrected chi connectivity index (χ1v) is 10.4. The van der Waals surface area contributed by atoms with Crippen molar-refractivity contribution in [2.24, 2.45) is 0 Å². The van der Waals surface area contributed by atoms with Gasteiger partial charge in [-0.1, -0.05) is 29.8 Å². The van der Waals surface area contributed by atoms with Crippen molar-refractivity contribution in [2.75, 3.05) is 10.6 Å². The molecule has 0 radical (unpaired) electrons. The van der Waals surface area contributed by atoms with Crippen molar-refractivity contribution in [3.63, 3.8) is 0 Å². The van der Waals surface area contributed by atoms with E-state index in [0.717, 1.165) is 16.1 Å². The summed E-state index contributed by atoms with van der Waals surface area (Å²) in [6.45, 7) is 3.79. The number of nitrogens with zero attached hydrogens (tertiary/aromatic N) is 1. The number of benzene rings is 3. The number of nitrogens with one attached hydrogen (secondary N) is 2. The van der Waals surface area contributed by atoms with E-state index in [9.17, 15) is 19.7 Å². The quantitative estimate of drug-likeness (QED) is 0.299. The number of amides is 2. The van der Waals surface area contributed by atoms with Gasteiger partial charge in [0.05, 0.1) is 10.2 Å². The third-order valence-electron chi connectivity index (χ3n) is 4.41. The zero-order chi connectivity index (χ0) is 22.4. The molecule has 8 heteroatoms. The Bertz CT molecular complexity index is 1120. The first-order valence-electron chi connectivity index (χ1n) is 9.52. The van der Waals surface area contributed by atoms with E-state index in [4.69, 9.17) is 0 Å². The lowest BCUT2D eigenvalue weighted by Crippen LogP contribution is -2.22. The van der Waals surface area contributed by atoms with Gasteiger partial charge in [0.2, 0.25) is 5.91 Å². The lowest BCUT2D eigenvalue weighted by atomic mass is 10.2. The number of non-ortho nitro benzene ring substituents is 1. The van der Waals surface area contributed by atoms with Gasteiger partial charge in [-0.05, 0) is 50.2 Å². The van der Waals surface area contributed by atoms with Crippen LogP contribution in [0.4, 0.5) is 17.1 Å². The molecule has 2 N–H and O–H groups in total. The number of hydrogen-bond donors (Lipinski definition) is 2. The van der Waals surface area contributed by atoms with Gasteiger partial charge < -0.3 is 10.6 Å². The Labute approximate surface area is 184 Å². The number of nitro groups is 1. The number of nitro benzene ring substituents is 1. The molecular weight excluding hydrogens is 414 g/mol. The third kappa shape index (κ3) is 6.16. The van der Waals surface area contributed by atoms with Crippen molar-refractivity contribution in [1.82, 2.24) is 0 Å². The maximum absolute atomic E-state index is 12.5. The van der Waals surface area contributed by atoms with Crippen LogP contribution < -0.4 is 10.6 Å². The van der Waals surface area contributed by atoms with Gasteiger partial charge in [-0.2, -0.15) is 0 Å². The normalized spacial score (nSPS) is 11.4. The highest BCUT2D eigenvalue weighted by Gasteiger charge is 2.16. The van der Waals surface area contributed by atoms with Crippen molar-refractivity contribution < 1.29 is 14.5 Å². The van der Waals surface area contributed by atoms with Gasteiger partial charge in [0.15, 0.2) is 0 Å². The number of hydrogen-bond acceptors (Lipinski definition) is 5. The van der Waals surface area contributed by atoms with Crippen molar-refractivity contribution in [1.29, 1.82) is 0 Å². The number of carbonyl (C=O) groups is 2. The standard InChI is InChI=1S/C23H21N3O4S/c1-15-9-11-18(12-10-15)24-22(27)16(2)31-21-8-4-6-19(14-21)25-23(28)17-5-3-7-20(13-17)26(29)30/h3-14,16H,1-2H3,(H,24,27)(H,25,28). The molecule has 0 bridgehead atoms. The molecule has 1 atom stereocenters. The topological polar surface area (TPSA) is 101 Å². The van der Waals surface area contributed by atoms with E-state index >= 15 is 0 Å². The molecule has 2 amide bonds. The zero-order valence-corrected chi connectivity index (χ0v) is 17.8. The first-order chi connectivity index (χ1) is 14.8. The minimum atomic E-state index is -0.545. The fraction of sp³-hybridized carbons (Fsp3) is 0.130. The van der Waals surface area contributed by atoms with Gasteiger partial charge in [0.25, 0.3) is 11.6 Å². The Morgan fingerprint density at radius 3 is 2.35 bits per heavy atom. The van der Waals surface area contributed by atoms with Crippen molar-refractivity contribution >= 4 is 40.6 Å². The van der Waals surface area contributed by atoms with Crippen molar-refractivity contribution in [2.45, 2.75) is 24.0 Å². The van der Waals surface area contributed by atoms with Crippen LogP contribution in [0.25, 0.3) is 0 Å². The average molecular weight is 436 g/mol.